The molecule has 1 heterocycles. The summed E-state index contributed by atoms with van der Waals surface area (Å²) in [5.41, 5.74) is 2.07. The molecule has 1 aliphatic rings. The number of ether oxygens (including phenoxy) is 1. The highest BCUT2D eigenvalue weighted by atomic mass is 16.7. The Morgan fingerprint density at radius 2 is 1.43 bits per heavy atom. The van der Waals surface area contributed by atoms with Gasteiger partial charge in [-0.05, 0) is 24.6 Å². The smallest absolute Gasteiger partial charge is 0.332 e. The van der Waals surface area contributed by atoms with Crippen molar-refractivity contribution in [1.82, 2.24) is 0 Å². The van der Waals surface area contributed by atoms with Crippen molar-refractivity contribution in [2.75, 3.05) is 11.7 Å². The number of anilines is 1. The van der Waals surface area contributed by atoms with Gasteiger partial charge < -0.3 is 4.74 Å². The number of carbonyl (C=O) groups excluding carboxylic acids is 2. The van der Waals surface area contributed by atoms with E-state index in [1.807, 2.05) is 78.9 Å². The van der Waals surface area contributed by atoms with Crippen molar-refractivity contribution in [3.05, 3.63) is 102 Å². The van der Waals surface area contributed by atoms with Crippen molar-refractivity contribution in [3.8, 4) is 0 Å². The van der Waals surface area contributed by atoms with E-state index >= 15 is 0 Å². The summed E-state index contributed by atoms with van der Waals surface area (Å²) in [6, 6.07) is 27.0. The van der Waals surface area contributed by atoms with Gasteiger partial charge in [0, 0.05) is 5.56 Å². The van der Waals surface area contributed by atoms with Crippen LogP contribution in [0.1, 0.15) is 28.9 Å². The van der Waals surface area contributed by atoms with Crippen LogP contribution < -0.4 is 5.06 Å². The minimum Gasteiger partial charge on any atom is -0.464 e. The Labute approximate surface area is 175 Å². The van der Waals surface area contributed by atoms with Gasteiger partial charge in [-0.2, -0.15) is 0 Å². The van der Waals surface area contributed by atoms with Gasteiger partial charge in [-0.25, -0.2) is 9.86 Å². The maximum atomic E-state index is 13.6. The average molecular weight is 401 g/mol. The van der Waals surface area contributed by atoms with E-state index in [0.717, 1.165) is 5.56 Å². The molecule has 3 aromatic rings. The summed E-state index contributed by atoms with van der Waals surface area (Å²) in [6.07, 6.45) is -0.617. The quantitative estimate of drug-likeness (QED) is 0.446. The summed E-state index contributed by atoms with van der Waals surface area (Å²) in [5.74, 6) is -1.39. The number of nitrogens with zero attached hydrogens (tertiary/aromatic N) is 1. The summed E-state index contributed by atoms with van der Waals surface area (Å²) in [6.45, 7) is 1.98. The highest BCUT2D eigenvalue weighted by molar-refractivity contribution is 6.02. The molecule has 0 bridgehead atoms. The lowest BCUT2D eigenvalue weighted by Gasteiger charge is -2.24. The van der Waals surface area contributed by atoms with Gasteiger partial charge in [0.25, 0.3) is 0 Å². The van der Waals surface area contributed by atoms with Crippen molar-refractivity contribution >= 4 is 17.4 Å². The summed E-state index contributed by atoms with van der Waals surface area (Å²) >= 11 is 0. The number of rotatable bonds is 6. The van der Waals surface area contributed by atoms with Crippen molar-refractivity contribution in [1.29, 1.82) is 0 Å². The first kappa shape index (κ1) is 19.9. The molecular formula is C25H23NO4. The molecular weight excluding hydrogens is 378 g/mol. The molecule has 0 spiro atoms. The molecule has 0 aromatic heterocycles. The summed E-state index contributed by atoms with van der Waals surface area (Å²) in [7, 11) is 0. The summed E-state index contributed by atoms with van der Waals surface area (Å²) < 4.78 is 5.37. The van der Waals surface area contributed by atoms with Crippen LogP contribution in [0.25, 0.3) is 0 Å². The van der Waals surface area contributed by atoms with Gasteiger partial charge in [0.2, 0.25) is 0 Å². The second-order valence-corrected chi connectivity index (χ2v) is 7.05. The number of hydrogen-bond acceptors (Lipinski definition) is 5. The third-order valence-electron chi connectivity index (χ3n) is 5.17. The number of carbonyl (C=O) groups is 2. The van der Waals surface area contributed by atoms with Gasteiger partial charge in [0.05, 0.1) is 18.2 Å². The van der Waals surface area contributed by atoms with Crippen LogP contribution >= 0.6 is 0 Å². The molecule has 152 valence electrons. The molecule has 3 aromatic carbocycles. The van der Waals surface area contributed by atoms with Gasteiger partial charge in [-0.1, -0.05) is 78.9 Å². The Morgan fingerprint density at radius 1 is 0.867 bits per heavy atom. The van der Waals surface area contributed by atoms with Crippen LogP contribution in [0, 0.1) is 5.92 Å². The van der Waals surface area contributed by atoms with Gasteiger partial charge in [-0.3, -0.25) is 9.63 Å². The molecule has 30 heavy (non-hydrogen) atoms. The largest absolute Gasteiger partial charge is 0.464 e. The fraction of sp³-hybridized carbons (Fsp3) is 0.200. The maximum absolute atomic E-state index is 13.6. The minimum absolute atomic E-state index is 0.152. The number of esters is 1. The first-order chi connectivity index (χ1) is 14.7. The molecule has 0 radical (unpaired) electrons. The van der Waals surface area contributed by atoms with Crippen LogP contribution in [-0.4, -0.2) is 24.4 Å². The van der Waals surface area contributed by atoms with E-state index in [4.69, 9.17) is 9.57 Å². The third-order valence-corrected chi connectivity index (χ3v) is 5.17. The molecule has 0 amide bonds. The molecule has 1 aliphatic heterocycles. The predicted octanol–water partition coefficient (Wildman–Crippen LogP) is 4.61. The van der Waals surface area contributed by atoms with Crippen molar-refractivity contribution in [2.45, 2.75) is 19.1 Å². The second-order valence-electron chi connectivity index (χ2n) is 7.05. The Balaban J connectivity index is 1.82. The molecule has 0 aliphatic carbocycles. The van der Waals surface area contributed by atoms with Crippen molar-refractivity contribution in [2.24, 2.45) is 5.92 Å². The van der Waals surface area contributed by atoms with E-state index in [9.17, 15) is 9.59 Å². The lowest BCUT2D eigenvalue weighted by molar-refractivity contribution is -0.145. The molecule has 0 saturated carbocycles. The van der Waals surface area contributed by atoms with Crippen LogP contribution in [0.15, 0.2) is 91.0 Å². The standard InChI is InChI=1S/C25H23NO4/c1-2-29-25(28)22-21(23(27)18-12-6-3-7-13-18)24(19-14-8-4-9-15-19)30-26(22)20-16-10-5-11-17-20/h3-17,21-22,24H,2H2,1H3/t21-,22-,24-/m1/s1. The van der Waals surface area contributed by atoms with E-state index in [1.165, 1.54) is 5.06 Å². The Kier molecular flexibility index (Phi) is 5.91. The normalized spacial score (nSPS) is 20.7. The lowest BCUT2D eigenvalue weighted by atomic mass is 9.84. The van der Waals surface area contributed by atoms with E-state index in [2.05, 4.69) is 0 Å². The van der Waals surface area contributed by atoms with E-state index in [-0.39, 0.29) is 12.4 Å². The molecule has 4 rings (SSSR count). The fourth-order valence-corrected chi connectivity index (χ4v) is 3.82. The highest BCUT2D eigenvalue weighted by Crippen LogP contribution is 2.43. The summed E-state index contributed by atoms with van der Waals surface area (Å²) in [5, 5.41) is 1.53. The molecule has 5 nitrogen and oxygen atoms in total. The number of ketones is 1. The van der Waals surface area contributed by atoms with Gasteiger partial charge in [0.15, 0.2) is 11.8 Å². The zero-order valence-electron chi connectivity index (χ0n) is 16.7. The summed E-state index contributed by atoms with van der Waals surface area (Å²) in [4.78, 5) is 32.9. The first-order valence-electron chi connectivity index (χ1n) is 10.0. The van der Waals surface area contributed by atoms with Crippen LogP contribution in [0.4, 0.5) is 5.69 Å². The first-order valence-corrected chi connectivity index (χ1v) is 10.0. The highest BCUT2D eigenvalue weighted by Gasteiger charge is 2.52. The van der Waals surface area contributed by atoms with Gasteiger partial charge >= 0.3 is 5.97 Å². The minimum atomic E-state index is -0.898. The number of para-hydroxylation sites is 1. The number of hydrogen-bond donors (Lipinski definition) is 0. The second kappa shape index (κ2) is 8.93. The van der Waals surface area contributed by atoms with Gasteiger partial charge in [-0.15, -0.1) is 0 Å². The maximum Gasteiger partial charge on any atom is 0.332 e. The Hall–Kier alpha value is -3.44. The number of hydroxylamine groups is 1. The Morgan fingerprint density at radius 3 is 2.03 bits per heavy atom. The van der Waals surface area contributed by atoms with Crippen LogP contribution in [-0.2, 0) is 14.4 Å². The van der Waals surface area contributed by atoms with E-state index < -0.39 is 24.0 Å². The SMILES string of the molecule is CCOC(=O)[C@H]1[C@H](C(=O)c2ccccc2)[C@@H](c2ccccc2)ON1c1ccccc1. The van der Waals surface area contributed by atoms with Crippen LogP contribution in [0.2, 0.25) is 0 Å². The molecule has 5 heteroatoms. The predicted molar refractivity (Wildman–Crippen MR) is 114 cm³/mol. The molecule has 1 fully saturated rings. The number of Topliss-reactive ketones (excluding diaryl/α,β-unsaturated/α-hetero) is 1. The van der Waals surface area contributed by atoms with Crippen molar-refractivity contribution in [3.63, 3.8) is 0 Å². The van der Waals surface area contributed by atoms with Crippen molar-refractivity contribution < 1.29 is 19.2 Å². The zero-order valence-corrected chi connectivity index (χ0v) is 16.7. The average Bonchev–Trinajstić information content (AvgIpc) is 3.21. The monoisotopic (exact) mass is 401 g/mol. The molecule has 3 atom stereocenters. The third kappa shape index (κ3) is 3.84. The van der Waals surface area contributed by atoms with Crippen LogP contribution in [0.3, 0.4) is 0 Å². The van der Waals surface area contributed by atoms with E-state index in [0.29, 0.717) is 11.3 Å². The molecule has 1 saturated heterocycles. The lowest BCUT2D eigenvalue weighted by Crippen LogP contribution is -2.43. The van der Waals surface area contributed by atoms with Crippen LogP contribution in [0.5, 0.6) is 0 Å². The topological polar surface area (TPSA) is 55.8 Å². The zero-order chi connectivity index (χ0) is 20.9. The molecule has 0 N–H and O–H groups in total. The van der Waals surface area contributed by atoms with E-state index in [1.54, 1.807) is 19.1 Å². The van der Waals surface area contributed by atoms with Gasteiger partial charge in [0.1, 0.15) is 6.10 Å². The fourth-order valence-electron chi connectivity index (χ4n) is 3.82. The Bertz CT molecular complexity index is 991. The molecule has 0 unspecified atom stereocenters. The number of benzene rings is 3.